The topological polar surface area (TPSA) is 58.4 Å². The number of hydrogen-bond donors (Lipinski definition) is 2. The van der Waals surface area contributed by atoms with E-state index in [1.165, 1.54) is 12.8 Å². The van der Waals surface area contributed by atoms with Crippen molar-refractivity contribution in [2.75, 3.05) is 26.4 Å². The Kier molecular flexibility index (Phi) is 3.87. The standard InChI is InChI=1S/C14H21N3O/c1-17(2)13(10-7-8-10)9-16-14(18)11-5-3-4-6-12(11)15/h3-6,10,13H,7-9,15H2,1-2H3,(H,16,18). The van der Waals surface area contributed by atoms with Gasteiger partial charge in [-0.3, -0.25) is 4.79 Å². The number of hydrogen-bond acceptors (Lipinski definition) is 3. The summed E-state index contributed by atoms with van der Waals surface area (Å²) in [5.74, 6) is 0.647. The quantitative estimate of drug-likeness (QED) is 0.772. The molecule has 0 aliphatic heterocycles. The fourth-order valence-corrected chi connectivity index (χ4v) is 2.25. The maximum atomic E-state index is 12.0. The molecule has 0 bridgehead atoms. The van der Waals surface area contributed by atoms with Gasteiger partial charge < -0.3 is 16.0 Å². The van der Waals surface area contributed by atoms with E-state index < -0.39 is 0 Å². The molecular weight excluding hydrogens is 226 g/mol. The molecule has 0 radical (unpaired) electrons. The molecule has 1 atom stereocenters. The van der Waals surface area contributed by atoms with Gasteiger partial charge in [-0.05, 0) is 45.0 Å². The molecule has 98 valence electrons. The number of anilines is 1. The SMILES string of the molecule is CN(C)C(CNC(=O)c1ccccc1N)C1CC1. The van der Waals surface area contributed by atoms with Gasteiger partial charge in [-0.25, -0.2) is 0 Å². The van der Waals surface area contributed by atoms with Crippen LogP contribution in [0.2, 0.25) is 0 Å². The molecule has 3 N–H and O–H groups in total. The second-order valence-corrected chi connectivity index (χ2v) is 5.17. The number of nitrogen functional groups attached to an aromatic ring is 1. The Bertz CT molecular complexity index is 425. The van der Waals surface area contributed by atoms with Gasteiger partial charge in [0.15, 0.2) is 0 Å². The summed E-state index contributed by atoms with van der Waals surface area (Å²) in [6.07, 6.45) is 2.54. The van der Waals surface area contributed by atoms with Crippen LogP contribution >= 0.6 is 0 Å². The maximum Gasteiger partial charge on any atom is 0.253 e. The highest BCUT2D eigenvalue weighted by Crippen LogP contribution is 2.34. The van der Waals surface area contributed by atoms with Crippen LogP contribution in [0.3, 0.4) is 0 Å². The number of para-hydroxylation sites is 1. The minimum atomic E-state index is -0.0828. The van der Waals surface area contributed by atoms with Crippen LogP contribution in [-0.4, -0.2) is 37.5 Å². The Balaban J connectivity index is 1.93. The fraction of sp³-hybridized carbons (Fsp3) is 0.500. The van der Waals surface area contributed by atoms with E-state index in [2.05, 4.69) is 24.3 Å². The molecule has 1 aromatic carbocycles. The highest BCUT2D eigenvalue weighted by molar-refractivity contribution is 5.99. The van der Waals surface area contributed by atoms with Gasteiger partial charge in [0.25, 0.3) is 5.91 Å². The van der Waals surface area contributed by atoms with Crippen molar-refractivity contribution in [2.45, 2.75) is 18.9 Å². The summed E-state index contributed by atoms with van der Waals surface area (Å²) in [7, 11) is 4.12. The lowest BCUT2D eigenvalue weighted by Gasteiger charge is -2.24. The molecular formula is C14H21N3O. The number of likely N-dealkylation sites (N-methyl/N-ethyl adjacent to an activating group) is 1. The first-order chi connectivity index (χ1) is 8.59. The molecule has 4 nitrogen and oxygen atoms in total. The van der Waals surface area contributed by atoms with E-state index in [1.54, 1.807) is 12.1 Å². The van der Waals surface area contributed by atoms with E-state index in [9.17, 15) is 4.79 Å². The summed E-state index contributed by atoms with van der Waals surface area (Å²) in [5.41, 5.74) is 6.88. The van der Waals surface area contributed by atoms with Gasteiger partial charge in [0.2, 0.25) is 0 Å². The Hall–Kier alpha value is -1.55. The van der Waals surface area contributed by atoms with Gasteiger partial charge in [0, 0.05) is 18.3 Å². The fourth-order valence-electron chi connectivity index (χ4n) is 2.25. The summed E-state index contributed by atoms with van der Waals surface area (Å²) in [6, 6.07) is 7.60. The second-order valence-electron chi connectivity index (χ2n) is 5.17. The normalized spacial score (nSPS) is 16.6. The van der Waals surface area contributed by atoms with Crippen molar-refractivity contribution < 1.29 is 4.79 Å². The molecule has 0 saturated heterocycles. The Morgan fingerprint density at radius 2 is 2.11 bits per heavy atom. The van der Waals surface area contributed by atoms with Crippen molar-refractivity contribution in [3.8, 4) is 0 Å². The van der Waals surface area contributed by atoms with E-state index in [0.717, 1.165) is 5.92 Å². The van der Waals surface area contributed by atoms with Crippen LogP contribution in [-0.2, 0) is 0 Å². The van der Waals surface area contributed by atoms with E-state index in [4.69, 9.17) is 5.73 Å². The molecule has 18 heavy (non-hydrogen) atoms. The minimum Gasteiger partial charge on any atom is -0.398 e. The highest BCUT2D eigenvalue weighted by atomic mass is 16.1. The van der Waals surface area contributed by atoms with Gasteiger partial charge in [0.1, 0.15) is 0 Å². The van der Waals surface area contributed by atoms with E-state index >= 15 is 0 Å². The zero-order chi connectivity index (χ0) is 13.1. The third-order valence-corrected chi connectivity index (χ3v) is 3.51. The molecule has 1 unspecified atom stereocenters. The largest absolute Gasteiger partial charge is 0.398 e. The molecule has 0 spiro atoms. The van der Waals surface area contributed by atoms with Crippen LogP contribution in [0.1, 0.15) is 23.2 Å². The number of nitrogens with two attached hydrogens (primary N) is 1. The number of benzene rings is 1. The molecule has 4 heteroatoms. The van der Waals surface area contributed by atoms with E-state index in [1.807, 2.05) is 12.1 Å². The Morgan fingerprint density at radius 3 is 2.67 bits per heavy atom. The molecule has 1 amide bonds. The summed E-state index contributed by atoms with van der Waals surface area (Å²) in [4.78, 5) is 14.2. The number of nitrogens with zero attached hydrogens (tertiary/aromatic N) is 1. The van der Waals surface area contributed by atoms with Gasteiger partial charge in [-0.2, -0.15) is 0 Å². The van der Waals surface area contributed by atoms with Crippen LogP contribution < -0.4 is 11.1 Å². The van der Waals surface area contributed by atoms with Crippen molar-refractivity contribution in [1.82, 2.24) is 10.2 Å². The first-order valence-electron chi connectivity index (χ1n) is 6.38. The van der Waals surface area contributed by atoms with Crippen molar-refractivity contribution in [1.29, 1.82) is 0 Å². The molecule has 0 aromatic heterocycles. The summed E-state index contributed by atoms with van der Waals surface area (Å²) >= 11 is 0. The minimum absolute atomic E-state index is 0.0828. The van der Waals surface area contributed by atoms with Gasteiger partial charge in [0.05, 0.1) is 5.56 Å². The maximum absolute atomic E-state index is 12.0. The lowest BCUT2D eigenvalue weighted by Crippen LogP contribution is -2.41. The predicted octanol–water partition coefficient (Wildman–Crippen LogP) is 1.34. The van der Waals surface area contributed by atoms with Gasteiger partial charge >= 0.3 is 0 Å². The van der Waals surface area contributed by atoms with E-state index in [0.29, 0.717) is 23.8 Å². The van der Waals surface area contributed by atoms with Crippen molar-refractivity contribution in [2.24, 2.45) is 5.92 Å². The average molecular weight is 247 g/mol. The van der Waals surface area contributed by atoms with Crippen LogP contribution in [0.5, 0.6) is 0 Å². The number of carbonyl (C=O) groups excluding carboxylic acids is 1. The molecule has 1 fully saturated rings. The number of nitrogens with one attached hydrogen (secondary N) is 1. The zero-order valence-corrected chi connectivity index (χ0v) is 11.0. The van der Waals surface area contributed by atoms with Crippen molar-refractivity contribution in [3.05, 3.63) is 29.8 Å². The molecule has 2 rings (SSSR count). The highest BCUT2D eigenvalue weighted by Gasteiger charge is 2.32. The summed E-state index contributed by atoms with van der Waals surface area (Å²) < 4.78 is 0. The second kappa shape index (κ2) is 5.40. The lowest BCUT2D eigenvalue weighted by molar-refractivity contribution is 0.0940. The average Bonchev–Trinajstić information content (AvgIpc) is 3.13. The van der Waals surface area contributed by atoms with Crippen LogP contribution in [0.25, 0.3) is 0 Å². The predicted molar refractivity (Wildman–Crippen MR) is 73.4 cm³/mol. The monoisotopic (exact) mass is 247 g/mol. The molecule has 1 aliphatic rings. The smallest absolute Gasteiger partial charge is 0.253 e. The lowest BCUT2D eigenvalue weighted by atomic mass is 10.1. The number of amides is 1. The number of carbonyl (C=O) groups is 1. The molecule has 0 heterocycles. The van der Waals surface area contributed by atoms with Crippen LogP contribution in [0.15, 0.2) is 24.3 Å². The molecule has 1 saturated carbocycles. The molecule has 1 aromatic rings. The first kappa shape index (κ1) is 12.9. The van der Waals surface area contributed by atoms with Gasteiger partial charge in [-0.15, -0.1) is 0 Å². The number of rotatable bonds is 5. The zero-order valence-electron chi connectivity index (χ0n) is 11.0. The third kappa shape index (κ3) is 3.01. The van der Waals surface area contributed by atoms with E-state index in [-0.39, 0.29) is 5.91 Å². The third-order valence-electron chi connectivity index (χ3n) is 3.51. The first-order valence-corrected chi connectivity index (χ1v) is 6.38. The summed E-state index contributed by atoms with van der Waals surface area (Å²) in [5, 5.41) is 2.98. The van der Waals surface area contributed by atoms with Crippen LogP contribution in [0, 0.1) is 5.92 Å². The molecule has 1 aliphatic carbocycles. The van der Waals surface area contributed by atoms with Crippen molar-refractivity contribution in [3.63, 3.8) is 0 Å². The van der Waals surface area contributed by atoms with Crippen LogP contribution in [0.4, 0.5) is 5.69 Å². The summed E-state index contributed by atoms with van der Waals surface area (Å²) in [6.45, 7) is 0.685. The van der Waals surface area contributed by atoms with Crippen molar-refractivity contribution >= 4 is 11.6 Å². The Labute approximate surface area is 108 Å². The van der Waals surface area contributed by atoms with Gasteiger partial charge in [-0.1, -0.05) is 12.1 Å². The Morgan fingerprint density at radius 1 is 1.44 bits per heavy atom.